The normalized spacial score (nSPS) is 11.3. The number of para-hydroxylation sites is 1. The molecule has 5 rings (SSSR count). The first kappa shape index (κ1) is 21.6. The molecule has 0 N–H and O–H groups in total. The minimum Gasteiger partial charge on any atom is -1.00 e. The van der Waals surface area contributed by atoms with Gasteiger partial charge in [-0.25, -0.2) is 0 Å². The van der Waals surface area contributed by atoms with Crippen LogP contribution in [0.5, 0.6) is 0 Å². The minimum absolute atomic E-state index is 0. The van der Waals surface area contributed by atoms with Crippen LogP contribution >= 0.6 is 7.26 Å². The molecule has 0 fully saturated rings. The van der Waals surface area contributed by atoms with E-state index in [1.165, 1.54) is 32.4 Å². The monoisotopic (exact) mass is 485 g/mol. The Bertz CT molecular complexity index is 1170. The van der Waals surface area contributed by atoms with Gasteiger partial charge < -0.3 is 21.5 Å². The molecule has 0 saturated carbocycles. The summed E-state index contributed by atoms with van der Waals surface area (Å²) in [6, 6.07) is 42.1. The minimum atomic E-state index is -1.88. The highest BCUT2D eigenvalue weighted by Gasteiger charge is 2.45. The van der Waals surface area contributed by atoms with Gasteiger partial charge in [0.15, 0.2) is 0 Å². The van der Waals surface area contributed by atoms with Gasteiger partial charge in [0.1, 0.15) is 29.3 Å². The molecule has 0 bridgehead atoms. The zero-order chi connectivity index (χ0) is 20.4. The van der Waals surface area contributed by atoms with Crippen LogP contribution in [-0.2, 0) is 13.2 Å². The van der Waals surface area contributed by atoms with E-state index in [4.69, 9.17) is 0 Å². The Hall–Kier alpha value is -2.67. The van der Waals surface area contributed by atoms with Crippen molar-refractivity contribution < 1.29 is 17.0 Å². The van der Waals surface area contributed by atoms with Gasteiger partial charge >= 0.3 is 0 Å². The summed E-state index contributed by atoms with van der Waals surface area (Å²) in [4.78, 5) is 0. The number of halogens is 1. The van der Waals surface area contributed by atoms with E-state index in [0.29, 0.717) is 0 Å². The van der Waals surface area contributed by atoms with Crippen molar-refractivity contribution in [3.63, 3.8) is 0 Å². The van der Waals surface area contributed by atoms with E-state index in [2.05, 4.69) is 133 Å². The van der Waals surface area contributed by atoms with Crippen LogP contribution in [0.1, 0.15) is 5.56 Å². The fourth-order valence-electron chi connectivity index (χ4n) is 4.58. The Labute approximate surface area is 195 Å². The summed E-state index contributed by atoms with van der Waals surface area (Å²) in [7, 11) is 0.273. The number of aromatic nitrogens is 1. The molecule has 5 aromatic rings. The molecule has 0 unspecified atom stereocenters. The van der Waals surface area contributed by atoms with Crippen LogP contribution < -0.4 is 32.9 Å². The summed E-state index contributed by atoms with van der Waals surface area (Å²) >= 11 is 0. The van der Waals surface area contributed by atoms with E-state index in [0.717, 1.165) is 6.16 Å². The highest BCUT2D eigenvalue weighted by Crippen LogP contribution is 2.58. The summed E-state index contributed by atoms with van der Waals surface area (Å²) < 4.78 is 2.26. The Kier molecular flexibility index (Phi) is 6.41. The molecule has 1 heterocycles. The summed E-state index contributed by atoms with van der Waals surface area (Å²) in [5.41, 5.74) is 2.71. The number of rotatable bonds is 5. The highest BCUT2D eigenvalue weighted by molar-refractivity contribution is 7.95. The molecule has 1 aromatic heterocycles. The fourth-order valence-corrected chi connectivity index (χ4v) is 8.82. The first-order valence-corrected chi connectivity index (χ1v) is 12.3. The van der Waals surface area contributed by atoms with Crippen LogP contribution in [0.25, 0.3) is 10.9 Å². The molecule has 0 saturated heterocycles. The topological polar surface area (TPSA) is 4.93 Å². The van der Waals surface area contributed by atoms with Crippen LogP contribution in [-0.4, -0.2) is 4.57 Å². The third-order valence-corrected chi connectivity index (χ3v) is 10.3. The van der Waals surface area contributed by atoms with Gasteiger partial charge in [-0.2, -0.15) is 0 Å². The maximum Gasteiger partial charge on any atom is 0.116 e. The lowest BCUT2D eigenvalue weighted by molar-refractivity contribution is -0.00000583. The van der Waals surface area contributed by atoms with E-state index < -0.39 is 7.26 Å². The molecule has 1 nitrogen and oxygen atoms in total. The van der Waals surface area contributed by atoms with E-state index in [-0.39, 0.29) is 17.0 Å². The molecule has 4 aromatic carbocycles. The molecule has 0 aliphatic rings. The van der Waals surface area contributed by atoms with Crippen molar-refractivity contribution >= 4 is 34.1 Å². The lowest BCUT2D eigenvalue weighted by Crippen LogP contribution is -3.00. The molecule has 31 heavy (non-hydrogen) atoms. The molecular weight excluding hydrogens is 461 g/mol. The number of aryl methyl sites for hydroxylation is 1. The van der Waals surface area contributed by atoms with Gasteiger partial charge in [0.05, 0.1) is 0 Å². The molecule has 3 heteroatoms. The number of hydrogen-bond donors (Lipinski definition) is 0. The van der Waals surface area contributed by atoms with Gasteiger partial charge in [0, 0.05) is 29.7 Å². The number of hydrogen-bond acceptors (Lipinski definition) is 0. The fraction of sp³-hybridized carbons (Fsp3) is 0.0714. The van der Waals surface area contributed by atoms with Crippen LogP contribution in [0.3, 0.4) is 0 Å². The zero-order valence-electron chi connectivity index (χ0n) is 17.5. The van der Waals surface area contributed by atoms with Crippen molar-refractivity contribution in [2.24, 2.45) is 7.05 Å². The van der Waals surface area contributed by atoms with E-state index in [1.54, 1.807) is 0 Å². The van der Waals surface area contributed by atoms with Crippen molar-refractivity contribution in [3.05, 3.63) is 127 Å². The molecule has 0 atom stereocenters. The predicted molar refractivity (Wildman–Crippen MR) is 132 cm³/mol. The Balaban J connectivity index is 0.00000231. The summed E-state index contributed by atoms with van der Waals surface area (Å²) in [5, 5.41) is 5.63. The van der Waals surface area contributed by atoms with Crippen LogP contribution in [0.15, 0.2) is 121 Å². The second-order valence-corrected chi connectivity index (χ2v) is 11.2. The Morgan fingerprint density at radius 3 is 1.48 bits per heavy atom. The molecule has 0 spiro atoms. The lowest BCUT2D eigenvalue weighted by atomic mass is 10.2. The average molecular weight is 486 g/mol. The smallest absolute Gasteiger partial charge is 0.116 e. The van der Waals surface area contributed by atoms with Gasteiger partial charge in [-0.3, -0.25) is 0 Å². The van der Waals surface area contributed by atoms with Gasteiger partial charge in [-0.05, 0) is 42.5 Å². The highest BCUT2D eigenvalue weighted by atomic mass is 79.9. The SMILES string of the molecule is Cn1cc(C[P+](c2ccccc2)(c2ccccc2)c2ccccc2)c2ccccc21.[Br-]. The molecule has 0 amide bonds. The number of nitrogens with zero attached hydrogens (tertiary/aromatic N) is 1. The molecule has 0 aliphatic carbocycles. The largest absolute Gasteiger partial charge is 1.00 e. The second kappa shape index (κ2) is 9.22. The quantitative estimate of drug-likeness (QED) is 0.337. The molecular formula is C28H25BrNP. The van der Waals surface area contributed by atoms with E-state index in [9.17, 15) is 0 Å². The standard InChI is InChI=1S/C28H25NP.BrH/c1-29-21-23(27-19-11-12-20-28(27)29)22-30(24-13-5-2-6-14-24,25-15-7-3-8-16-25)26-17-9-4-10-18-26;/h2-21H,22H2,1H3;1H/q+1;/p-1. The average Bonchev–Trinajstić information content (AvgIpc) is 3.14. The van der Waals surface area contributed by atoms with E-state index in [1.807, 2.05) is 0 Å². The Morgan fingerprint density at radius 1 is 0.581 bits per heavy atom. The van der Waals surface area contributed by atoms with Gasteiger partial charge in [-0.15, -0.1) is 0 Å². The van der Waals surface area contributed by atoms with Crippen molar-refractivity contribution in [2.75, 3.05) is 0 Å². The van der Waals surface area contributed by atoms with Gasteiger partial charge in [-0.1, -0.05) is 72.8 Å². The third-order valence-electron chi connectivity index (χ3n) is 5.98. The maximum absolute atomic E-state index is 2.33. The van der Waals surface area contributed by atoms with Crippen LogP contribution in [0.4, 0.5) is 0 Å². The van der Waals surface area contributed by atoms with Crippen LogP contribution in [0.2, 0.25) is 0 Å². The van der Waals surface area contributed by atoms with Gasteiger partial charge in [0.2, 0.25) is 0 Å². The van der Waals surface area contributed by atoms with Crippen molar-refractivity contribution in [2.45, 2.75) is 6.16 Å². The number of benzene rings is 4. The zero-order valence-corrected chi connectivity index (χ0v) is 20.0. The van der Waals surface area contributed by atoms with E-state index >= 15 is 0 Å². The Morgan fingerprint density at radius 2 is 1.00 bits per heavy atom. The molecule has 154 valence electrons. The van der Waals surface area contributed by atoms with Gasteiger partial charge in [0.25, 0.3) is 0 Å². The summed E-state index contributed by atoms with van der Waals surface area (Å²) in [5.74, 6) is 0. The summed E-state index contributed by atoms with van der Waals surface area (Å²) in [6.07, 6.45) is 3.33. The van der Waals surface area contributed by atoms with Crippen LogP contribution in [0, 0.1) is 0 Å². The third kappa shape index (κ3) is 3.87. The lowest BCUT2D eigenvalue weighted by Gasteiger charge is -2.27. The molecule has 0 aliphatic heterocycles. The molecule has 0 radical (unpaired) electrons. The maximum atomic E-state index is 2.33. The first-order valence-electron chi connectivity index (χ1n) is 10.4. The first-order chi connectivity index (χ1) is 14.8. The second-order valence-electron chi connectivity index (χ2n) is 7.76. The van der Waals surface area contributed by atoms with Crippen molar-refractivity contribution in [3.8, 4) is 0 Å². The summed E-state index contributed by atoms with van der Waals surface area (Å²) in [6.45, 7) is 0. The van der Waals surface area contributed by atoms with Crippen molar-refractivity contribution in [1.82, 2.24) is 4.57 Å². The number of fused-ring (bicyclic) bond motifs is 1. The predicted octanol–water partition coefficient (Wildman–Crippen LogP) is 2.68. The van der Waals surface area contributed by atoms with Crippen molar-refractivity contribution in [1.29, 1.82) is 0 Å².